The summed E-state index contributed by atoms with van der Waals surface area (Å²) in [6.45, 7) is 5.82. The maximum absolute atomic E-state index is 12.6. The van der Waals surface area contributed by atoms with Gasteiger partial charge in [-0.2, -0.15) is 0 Å². The molecule has 0 amide bonds. The molecule has 1 heterocycles. The van der Waals surface area contributed by atoms with E-state index in [9.17, 15) is 9.90 Å². The average Bonchev–Trinajstić information content (AvgIpc) is 2.97. The minimum atomic E-state index is -0.185. The summed E-state index contributed by atoms with van der Waals surface area (Å²) < 4.78 is 1.41. The van der Waals surface area contributed by atoms with Crippen LogP contribution in [-0.2, 0) is 0 Å². The molecule has 3 aromatic rings. The van der Waals surface area contributed by atoms with Gasteiger partial charge in [0.2, 0.25) is 5.78 Å². The number of aryl methyl sites for hydroxylation is 3. The van der Waals surface area contributed by atoms with Crippen molar-refractivity contribution in [3.63, 3.8) is 0 Å². The van der Waals surface area contributed by atoms with Crippen LogP contribution in [0.2, 0.25) is 0 Å². The number of aromatic nitrogens is 3. The van der Waals surface area contributed by atoms with Crippen molar-refractivity contribution in [2.45, 2.75) is 20.8 Å². The quantitative estimate of drug-likeness (QED) is 0.755. The zero-order valence-electron chi connectivity index (χ0n) is 13.2. The van der Waals surface area contributed by atoms with Crippen LogP contribution in [-0.4, -0.2) is 25.9 Å². The van der Waals surface area contributed by atoms with E-state index in [1.54, 1.807) is 18.2 Å². The van der Waals surface area contributed by atoms with E-state index >= 15 is 0 Å². The van der Waals surface area contributed by atoms with Crippen LogP contribution < -0.4 is 0 Å². The molecule has 1 aromatic heterocycles. The monoisotopic (exact) mass is 307 g/mol. The Bertz CT molecular complexity index is 877. The first-order valence-corrected chi connectivity index (χ1v) is 7.29. The standard InChI is InChI=1S/C18H17N3O2/c1-11-4-5-17(22)16(9-11)21-10-15(19-20-21)18(23)14-7-12(2)6-13(3)8-14/h4-10,22H,1-3H3. The number of carbonyl (C=O) groups excluding carboxylic acids is 1. The van der Waals surface area contributed by atoms with Crippen molar-refractivity contribution in [3.05, 3.63) is 70.5 Å². The summed E-state index contributed by atoms with van der Waals surface area (Å²) in [7, 11) is 0. The summed E-state index contributed by atoms with van der Waals surface area (Å²) >= 11 is 0. The van der Waals surface area contributed by atoms with Crippen LogP contribution >= 0.6 is 0 Å². The van der Waals surface area contributed by atoms with Crippen molar-refractivity contribution in [1.29, 1.82) is 0 Å². The maximum atomic E-state index is 12.6. The van der Waals surface area contributed by atoms with E-state index in [4.69, 9.17) is 0 Å². The highest BCUT2D eigenvalue weighted by Crippen LogP contribution is 2.22. The number of nitrogens with zero attached hydrogens (tertiary/aromatic N) is 3. The number of carbonyl (C=O) groups is 1. The van der Waals surface area contributed by atoms with Gasteiger partial charge in [-0.05, 0) is 50.6 Å². The second kappa shape index (κ2) is 5.68. The minimum absolute atomic E-state index is 0.0888. The first-order chi connectivity index (χ1) is 10.9. The Morgan fingerprint density at radius 3 is 2.39 bits per heavy atom. The molecule has 23 heavy (non-hydrogen) atoms. The van der Waals surface area contributed by atoms with Crippen molar-refractivity contribution in [2.75, 3.05) is 0 Å². The topological polar surface area (TPSA) is 68.0 Å². The first-order valence-electron chi connectivity index (χ1n) is 7.29. The summed E-state index contributed by atoms with van der Waals surface area (Å²) in [4.78, 5) is 12.6. The molecule has 0 saturated heterocycles. The lowest BCUT2D eigenvalue weighted by molar-refractivity contribution is 0.103. The maximum Gasteiger partial charge on any atom is 0.214 e. The molecule has 0 bridgehead atoms. The summed E-state index contributed by atoms with van der Waals surface area (Å²) in [5.74, 6) is -0.0962. The van der Waals surface area contributed by atoms with Gasteiger partial charge in [0.1, 0.15) is 11.4 Å². The van der Waals surface area contributed by atoms with Crippen molar-refractivity contribution < 1.29 is 9.90 Å². The average molecular weight is 307 g/mol. The van der Waals surface area contributed by atoms with Gasteiger partial charge in [-0.3, -0.25) is 4.79 Å². The van der Waals surface area contributed by atoms with Crippen LogP contribution in [0.3, 0.4) is 0 Å². The van der Waals surface area contributed by atoms with E-state index in [-0.39, 0.29) is 17.2 Å². The number of hydrogen-bond acceptors (Lipinski definition) is 4. The van der Waals surface area contributed by atoms with Crippen LogP contribution in [0.5, 0.6) is 5.75 Å². The Hall–Kier alpha value is -2.95. The van der Waals surface area contributed by atoms with Crippen molar-refractivity contribution in [2.24, 2.45) is 0 Å². The number of phenols is 1. The Kier molecular flexibility index (Phi) is 3.70. The number of ketones is 1. The third-order valence-corrected chi connectivity index (χ3v) is 3.59. The Morgan fingerprint density at radius 2 is 1.70 bits per heavy atom. The fraction of sp³-hybridized carbons (Fsp3) is 0.167. The predicted molar refractivity (Wildman–Crippen MR) is 87.1 cm³/mol. The normalized spacial score (nSPS) is 10.7. The lowest BCUT2D eigenvalue weighted by Crippen LogP contribution is -2.03. The molecule has 1 N–H and O–H groups in total. The van der Waals surface area contributed by atoms with Gasteiger partial charge < -0.3 is 5.11 Å². The van der Waals surface area contributed by atoms with Gasteiger partial charge in [-0.15, -0.1) is 5.10 Å². The number of aromatic hydroxyl groups is 1. The molecule has 3 rings (SSSR count). The summed E-state index contributed by atoms with van der Waals surface area (Å²) in [6, 6.07) is 10.9. The zero-order valence-corrected chi connectivity index (χ0v) is 13.2. The lowest BCUT2D eigenvalue weighted by atomic mass is 10.0. The van der Waals surface area contributed by atoms with Crippen LogP contribution in [0.15, 0.2) is 42.6 Å². The van der Waals surface area contributed by atoms with E-state index in [1.165, 1.54) is 10.9 Å². The Morgan fingerprint density at radius 1 is 1.00 bits per heavy atom. The van der Waals surface area contributed by atoms with E-state index in [1.807, 2.05) is 39.0 Å². The molecule has 2 aromatic carbocycles. The zero-order chi connectivity index (χ0) is 16.6. The SMILES string of the molecule is Cc1cc(C)cc(C(=O)c2cn(-c3cc(C)ccc3O)nn2)c1. The highest BCUT2D eigenvalue weighted by Gasteiger charge is 2.16. The minimum Gasteiger partial charge on any atom is -0.506 e. The largest absolute Gasteiger partial charge is 0.506 e. The number of phenolic OH excluding ortho intramolecular Hbond substituents is 1. The molecule has 0 aliphatic rings. The van der Waals surface area contributed by atoms with Gasteiger partial charge in [0, 0.05) is 5.56 Å². The molecular weight excluding hydrogens is 290 g/mol. The highest BCUT2D eigenvalue weighted by molar-refractivity contribution is 6.07. The van der Waals surface area contributed by atoms with Gasteiger partial charge in [0.05, 0.1) is 6.20 Å². The molecule has 0 atom stereocenters. The molecule has 0 saturated carbocycles. The van der Waals surface area contributed by atoms with Gasteiger partial charge in [-0.1, -0.05) is 28.5 Å². The highest BCUT2D eigenvalue weighted by atomic mass is 16.3. The third kappa shape index (κ3) is 2.99. The summed E-state index contributed by atoms with van der Waals surface area (Å²) in [5, 5.41) is 17.9. The van der Waals surface area contributed by atoms with E-state index in [2.05, 4.69) is 10.3 Å². The number of rotatable bonds is 3. The lowest BCUT2D eigenvalue weighted by Gasteiger charge is -2.04. The molecular formula is C18H17N3O2. The van der Waals surface area contributed by atoms with Gasteiger partial charge in [0.25, 0.3) is 0 Å². The Labute approximate surface area is 134 Å². The number of benzene rings is 2. The molecule has 0 radical (unpaired) electrons. The molecule has 5 nitrogen and oxygen atoms in total. The summed E-state index contributed by atoms with van der Waals surface area (Å²) in [5.41, 5.74) is 4.36. The molecule has 0 aliphatic heterocycles. The second-order valence-corrected chi connectivity index (χ2v) is 5.75. The molecule has 5 heteroatoms. The Balaban J connectivity index is 1.98. The smallest absolute Gasteiger partial charge is 0.214 e. The predicted octanol–water partition coefficient (Wildman–Crippen LogP) is 3.13. The van der Waals surface area contributed by atoms with E-state index in [0.717, 1.165) is 16.7 Å². The molecule has 0 unspecified atom stereocenters. The van der Waals surface area contributed by atoms with Crippen molar-refractivity contribution in [3.8, 4) is 11.4 Å². The number of hydrogen-bond donors (Lipinski definition) is 1. The van der Waals surface area contributed by atoms with Gasteiger partial charge >= 0.3 is 0 Å². The van der Waals surface area contributed by atoms with Crippen molar-refractivity contribution in [1.82, 2.24) is 15.0 Å². The molecule has 116 valence electrons. The van der Waals surface area contributed by atoms with Crippen LogP contribution in [0.1, 0.15) is 32.7 Å². The van der Waals surface area contributed by atoms with Gasteiger partial charge in [0.15, 0.2) is 5.69 Å². The fourth-order valence-corrected chi connectivity index (χ4v) is 2.56. The van der Waals surface area contributed by atoms with Crippen molar-refractivity contribution >= 4 is 5.78 Å². The summed E-state index contributed by atoms with van der Waals surface area (Å²) in [6.07, 6.45) is 1.54. The molecule has 0 fully saturated rings. The fourth-order valence-electron chi connectivity index (χ4n) is 2.56. The van der Waals surface area contributed by atoms with E-state index < -0.39 is 0 Å². The van der Waals surface area contributed by atoms with Gasteiger partial charge in [-0.25, -0.2) is 4.68 Å². The van der Waals surface area contributed by atoms with Crippen LogP contribution in [0, 0.1) is 20.8 Å². The molecule has 0 aliphatic carbocycles. The second-order valence-electron chi connectivity index (χ2n) is 5.75. The first kappa shape index (κ1) is 15.0. The molecule has 0 spiro atoms. The van der Waals surface area contributed by atoms with Crippen LogP contribution in [0.25, 0.3) is 5.69 Å². The van der Waals surface area contributed by atoms with E-state index in [0.29, 0.717) is 11.3 Å². The third-order valence-electron chi connectivity index (χ3n) is 3.59. The van der Waals surface area contributed by atoms with Crippen LogP contribution in [0.4, 0.5) is 0 Å².